The molecular weight excluding hydrogens is 486 g/mol. The van der Waals surface area contributed by atoms with Gasteiger partial charge in [-0.2, -0.15) is 0 Å². The van der Waals surface area contributed by atoms with Gasteiger partial charge in [0.25, 0.3) is 0 Å². The van der Waals surface area contributed by atoms with E-state index in [9.17, 15) is 9.90 Å². The van der Waals surface area contributed by atoms with Gasteiger partial charge >= 0.3 is 5.97 Å². The van der Waals surface area contributed by atoms with Crippen molar-refractivity contribution in [2.75, 3.05) is 5.32 Å². The van der Waals surface area contributed by atoms with E-state index in [4.69, 9.17) is 16.6 Å². The quantitative estimate of drug-likeness (QED) is 0.253. The van der Waals surface area contributed by atoms with E-state index < -0.39 is 5.97 Å². The van der Waals surface area contributed by atoms with Crippen molar-refractivity contribution in [3.8, 4) is 11.4 Å². The topological polar surface area (TPSA) is 92.9 Å². The molecule has 0 spiro atoms. The zero-order valence-corrected chi connectivity index (χ0v) is 21.5. The minimum absolute atomic E-state index is 0.205. The van der Waals surface area contributed by atoms with Gasteiger partial charge in [-0.15, -0.1) is 0 Å². The molecule has 0 saturated carbocycles. The summed E-state index contributed by atoms with van der Waals surface area (Å²) in [5, 5.41) is 13.8. The number of aromatic carboxylic acids is 1. The number of nitrogens with zero attached hydrogens (tertiary/aromatic N) is 4. The molecule has 0 amide bonds. The predicted molar refractivity (Wildman–Crippen MR) is 146 cm³/mol. The number of hydrogen-bond acceptors (Lipinski definition) is 5. The van der Waals surface area contributed by atoms with Gasteiger partial charge in [-0.05, 0) is 50.1 Å². The van der Waals surface area contributed by atoms with Gasteiger partial charge in [0.15, 0.2) is 11.5 Å². The first kappa shape index (κ1) is 24.5. The molecule has 8 heteroatoms. The number of rotatable bonds is 7. The molecular formula is C29H26ClN5O2. The van der Waals surface area contributed by atoms with Crippen molar-refractivity contribution >= 4 is 34.6 Å². The molecule has 0 aliphatic carbocycles. The molecule has 2 N–H and O–H groups in total. The summed E-state index contributed by atoms with van der Waals surface area (Å²) in [6.07, 6.45) is 0. The lowest BCUT2D eigenvalue weighted by molar-refractivity contribution is 0.0684. The molecule has 3 aromatic carbocycles. The van der Waals surface area contributed by atoms with E-state index in [-0.39, 0.29) is 11.9 Å². The molecule has 0 bridgehead atoms. The molecule has 0 aliphatic rings. The lowest BCUT2D eigenvalue weighted by Gasteiger charge is -2.18. The number of fused-ring (bicyclic) bond motifs is 1. The number of halogens is 1. The number of imidazole rings is 1. The van der Waals surface area contributed by atoms with Gasteiger partial charge in [-0.25, -0.2) is 19.7 Å². The minimum atomic E-state index is -1.22. The SMILES string of the molecule is Cc1ccc(Cn2c(-c3cccc(C)c3)nc3nc(C(=O)O)nc(N[C@H](C)c4cccc(Cl)c4)c32)cc1. The maximum Gasteiger partial charge on any atom is 0.374 e. The Hall–Kier alpha value is -4.23. The fourth-order valence-electron chi connectivity index (χ4n) is 4.33. The predicted octanol–water partition coefficient (Wildman–Crippen LogP) is 6.68. The molecule has 0 radical (unpaired) electrons. The fourth-order valence-corrected chi connectivity index (χ4v) is 4.53. The molecule has 7 nitrogen and oxygen atoms in total. The Bertz CT molecular complexity index is 1610. The first-order valence-electron chi connectivity index (χ1n) is 11.9. The number of aryl methyl sites for hydroxylation is 2. The summed E-state index contributed by atoms with van der Waals surface area (Å²) in [5.74, 6) is -0.447. The Labute approximate surface area is 219 Å². The molecule has 37 heavy (non-hydrogen) atoms. The molecule has 1 atom stereocenters. The summed E-state index contributed by atoms with van der Waals surface area (Å²) < 4.78 is 2.05. The second-order valence-electron chi connectivity index (χ2n) is 9.17. The minimum Gasteiger partial charge on any atom is -0.475 e. The van der Waals surface area contributed by atoms with E-state index in [1.54, 1.807) is 0 Å². The van der Waals surface area contributed by atoms with Gasteiger partial charge in [-0.3, -0.25) is 0 Å². The van der Waals surface area contributed by atoms with Gasteiger partial charge in [0, 0.05) is 17.1 Å². The summed E-state index contributed by atoms with van der Waals surface area (Å²) in [6, 6.07) is 23.7. The van der Waals surface area contributed by atoms with E-state index >= 15 is 0 Å². The number of aromatic nitrogens is 4. The van der Waals surface area contributed by atoms with E-state index in [0.29, 0.717) is 34.4 Å². The highest BCUT2D eigenvalue weighted by atomic mass is 35.5. The highest BCUT2D eigenvalue weighted by Crippen LogP contribution is 2.32. The lowest BCUT2D eigenvalue weighted by atomic mass is 10.1. The van der Waals surface area contributed by atoms with Crippen molar-refractivity contribution in [1.29, 1.82) is 0 Å². The van der Waals surface area contributed by atoms with E-state index in [1.807, 2.05) is 60.9 Å². The highest BCUT2D eigenvalue weighted by Gasteiger charge is 2.23. The van der Waals surface area contributed by atoms with Crippen molar-refractivity contribution < 1.29 is 9.90 Å². The first-order chi connectivity index (χ1) is 17.8. The Kier molecular flexibility index (Phi) is 6.63. The summed E-state index contributed by atoms with van der Waals surface area (Å²) >= 11 is 6.22. The number of nitrogens with one attached hydrogen (secondary N) is 1. The van der Waals surface area contributed by atoms with Crippen molar-refractivity contribution in [3.63, 3.8) is 0 Å². The van der Waals surface area contributed by atoms with Crippen LogP contribution < -0.4 is 5.32 Å². The third kappa shape index (κ3) is 5.17. The Morgan fingerprint density at radius 3 is 2.43 bits per heavy atom. The van der Waals surface area contributed by atoms with Gasteiger partial charge in [0.1, 0.15) is 11.3 Å². The lowest BCUT2D eigenvalue weighted by Crippen LogP contribution is -2.14. The fraction of sp³-hybridized carbons (Fsp3) is 0.172. The maximum absolute atomic E-state index is 11.9. The van der Waals surface area contributed by atoms with Crippen LogP contribution in [0.2, 0.25) is 5.02 Å². The number of anilines is 1. The van der Waals surface area contributed by atoms with Crippen LogP contribution in [0.5, 0.6) is 0 Å². The summed E-state index contributed by atoms with van der Waals surface area (Å²) in [5.41, 5.74) is 6.15. The van der Waals surface area contributed by atoms with E-state index in [0.717, 1.165) is 22.3 Å². The maximum atomic E-state index is 11.9. The van der Waals surface area contributed by atoms with Gasteiger partial charge in [0.05, 0.1) is 6.04 Å². The molecule has 0 fully saturated rings. The van der Waals surface area contributed by atoms with Crippen molar-refractivity contribution in [2.45, 2.75) is 33.4 Å². The van der Waals surface area contributed by atoms with Crippen LogP contribution >= 0.6 is 11.6 Å². The normalized spacial score (nSPS) is 12.0. The molecule has 0 saturated heterocycles. The van der Waals surface area contributed by atoms with Gasteiger partial charge in [0.2, 0.25) is 5.82 Å². The molecule has 0 unspecified atom stereocenters. The van der Waals surface area contributed by atoms with Crippen LogP contribution in [0.25, 0.3) is 22.6 Å². The second-order valence-corrected chi connectivity index (χ2v) is 9.61. The van der Waals surface area contributed by atoms with E-state index in [1.165, 1.54) is 5.56 Å². The van der Waals surface area contributed by atoms with Crippen LogP contribution in [0.3, 0.4) is 0 Å². The van der Waals surface area contributed by atoms with E-state index in [2.05, 4.69) is 52.5 Å². The zero-order chi connectivity index (χ0) is 26.1. The van der Waals surface area contributed by atoms with Crippen LogP contribution in [0.4, 0.5) is 5.82 Å². The molecule has 0 aliphatic heterocycles. The van der Waals surface area contributed by atoms with Crippen LogP contribution in [-0.2, 0) is 6.54 Å². The molecule has 186 valence electrons. The second kappa shape index (κ2) is 10.0. The number of carboxylic acids is 1. The van der Waals surface area contributed by atoms with Crippen LogP contribution in [-0.4, -0.2) is 30.6 Å². The Balaban J connectivity index is 1.72. The van der Waals surface area contributed by atoms with Crippen LogP contribution in [0.1, 0.15) is 45.8 Å². The largest absolute Gasteiger partial charge is 0.475 e. The Morgan fingerprint density at radius 1 is 0.973 bits per heavy atom. The Morgan fingerprint density at radius 2 is 1.73 bits per heavy atom. The average molecular weight is 512 g/mol. The van der Waals surface area contributed by atoms with Gasteiger partial charge in [-0.1, -0.05) is 77.3 Å². The van der Waals surface area contributed by atoms with Crippen LogP contribution in [0.15, 0.2) is 72.8 Å². The third-order valence-electron chi connectivity index (χ3n) is 6.23. The number of carbonyl (C=O) groups is 1. The van der Waals surface area contributed by atoms with Gasteiger partial charge < -0.3 is 15.0 Å². The number of benzene rings is 3. The summed E-state index contributed by atoms with van der Waals surface area (Å²) in [6.45, 7) is 6.56. The highest BCUT2D eigenvalue weighted by molar-refractivity contribution is 6.30. The first-order valence-corrected chi connectivity index (χ1v) is 12.3. The zero-order valence-electron chi connectivity index (χ0n) is 20.7. The van der Waals surface area contributed by atoms with Crippen molar-refractivity contribution in [1.82, 2.24) is 19.5 Å². The molecule has 5 rings (SSSR count). The van der Waals surface area contributed by atoms with Crippen LogP contribution in [0, 0.1) is 13.8 Å². The monoisotopic (exact) mass is 511 g/mol. The summed E-state index contributed by atoms with van der Waals surface area (Å²) in [4.78, 5) is 25.5. The summed E-state index contributed by atoms with van der Waals surface area (Å²) in [7, 11) is 0. The third-order valence-corrected chi connectivity index (χ3v) is 6.47. The number of carboxylic acid groups (broad SMARTS) is 1. The van der Waals surface area contributed by atoms with Crippen molar-refractivity contribution in [3.05, 3.63) is 106 Å². The smallest absolute Gasteiger partial charge is 0.374 e. The number of hydrogen-bond donors (Lipinski definition) is 2. The van der Waals surface area contributed by atoms with Crippen molar-refractivity contribution in [2.24, 2.45) is 0 Å². The molecule has 5 aromatic rings. The molecule has 2 heterocycles. The molecule has 2 aromatic heterocycles. The standard InChI is InChI=1S/C29H26ClN5O2/c1-17-10-12-20(13-11-17)16-35-24-25(31-19(3)21-7-5-9-23(30)15-21)32-27(29(36)37)33-26(24)34-28(35)22-8-4-6-18(2)14-22/h4-15,19H,16H2,1-3H3,(H,36,37)(H,31,32,33)/t19-/m1/s1. The average Bonchev–Trinajstić information content (AvgIpc) is 3.24.